The number of nitrogens with two attached hydrogens (primary N) is 1. The number of nitrogens with one attached hydrogen (secondary N) is 1. The van der Waals surface area contributed by atoms with E-state index in [4.69, 9.17) is 11.1 Å². The van der Waals surface area contributed by atoms with E-state index in [1.165, 1.54) is 11.6 Å². The van der Waals surface area contributed by atoms with Crippen molar-refractivity contribution in [2.24, 2.45) is 5.73 Å². The topological polar surface area (TPSA) is 71.9 Å². The molecule has 0 saturated heterocycles. The first-order valence-electron chi connectivity index (χ1n) is 6.05. The van der Waals surface area contributed by atoms with E-state index in [1.54, 1.807) is 6.20 Å². The Morgan fingerprint density at radius 3 is 2.47 bits per heavy atom. The van der Waals surface area contributed by atoms with Crippen LogP contribution in [0.3, 0.4) is 0 Å². The summed E-state index contributed by atoms with van der Waals surface area (Å²) in [7, 11) is 0. The molecule has 0 spiro atoms. The normalized spacial score (nSPS) is 10.5. The first kappa shape index (κ1) is 13.1. The molecule has 0 aliphatic heterocycles. The Morgan fingerprint density at radius 1 is 1.21 bits per heavy atom. The van der Waals surface area contributed by atoms with Gasteiger partial charge in [-0.25, -0.2) is 0 Å². The predicted molar refractivity (Wildman–Crippen MR) is 77.3 cm³/mol. The molecule has 0 saturated carbocycles. The number of hydrogen-bond donors (Lipinski definition) is 2. The van der Waals surface area contributed by atoms with Crippen molar-refractivity contribution < 1.29 is 0 Å². The molecule has 1 aromatic heterocycles. The number of aryl methyl sites for hydroxylation is 3. The predicted octanol–water partition coefficient (Wildman–Crippen LogP) is 2.05. The molecule has 0 atom stereocenters. The van der Waals surface area contributed by atoms with Crippen LogP contribution < -0.4 is 11.2 Å². The van der Waals surface area contributed by atoms with Crippen molar-refractivity contribution >= 4 is 5.84 Å². The lowest BCUT2D eigenvalue weighted by atomic mass is 10.1. The van der Waals surface area contributed by atoms with Gasteiger partial charge in [0.25, 0.3) is 0 Å². The van der Waals surface area contributed by atoms with Crippen molar-refractivity contribution in [1.29, 1.82) is 5.41 Å². The number of nitrogen functional groups attached to an aromatic ring is 1. The highest BCUT2D eigenvalue weighted by molar-refractivity contribution is 5.94. The first-order chi connectivity index (χ1) is 8.90. The second-order valence-corrected chi connectivity index (χ2v) is 4.77. The second kappa shape index (κ2) is 4.72. The van der Waals surface area contributed by atoms with Gasteiger partial charge < -0.3 is 10.3 Å². The Bertz CT molecular complexity index is 714. The van der Waals surface area contributed by atoms with E-state index in [0.29, 0.717) is 0 Å². The van der Waals surface area contributed by atoms with Gasteiger partial charge in [-0.3, -0.25) is 10.2 Å². The summed E-state index contributed by atoms with van der Waals surface area (Å²) in [4.78, 5) is 11.8. The summed E-state index contributed by atoms with van der Waals surface area (Å²) in [5.74, 6) is -0.205. The smallest absolute Gasteiger partial charge is 0.192 e. The summed E-state index contributed by atoms with van der Waals surface area (Å²) >= 11 is 0. The summed E-state index contributed by atoms with van der Waals surface area (Å²) in [5, 5.41) is 7.46. The Balaban J connectivity index is 2.71. The molecule has 0 radical (unpaired) electrons. The number of benzene rings is 1. The highest BCUT2D eigenvalue weighted by atomic mass is 16.1. The maximum Gasteiger partial charge on any atom is 0.192 e. The van der Waals surface area contributed by atoms with Crippen LogP contribution in [0.5, 0.6) is 0 Å². The second-order valence-electron chi connectivity index (χ2n) is 4.77. The average molecular weight is 255 g/mol. The fraction of sp³-hybridized carbons (Fsp3) is 0.200. The number of aromatic nitrogens is 1. The van der Waals surface area contributed by atoms with E-state index in [-0.39, 0.29) is 16.8 Å². The van der Waals surface area contributed by atoms with Crippen LogP contribution in [0.4, 0.5) is 0 Å². The SMILES string of the molecule is Cc1ccc(-n2cc(C(=N)N)c(=O)cc2C)c(C)c1. The van der Waals surface area contributed by atoms with E-state index in [2.05, 4.69) is 6.07 Å². The third-order valence-electron chi connectivity index (χ3n) is 3.15. The standard InChI is InChI=1S/C15H17N3O/c1-9-4-5-13(10(2)6-9)18-8-12(15(16)17)14(19)7-11(18)3/h4-8H,1-3H3,(H3,16,17). The molecule has 2 aromatic rings. The summed E-state index contributed by atoms with van der Waals surface area (Å²) in [6, 6.07) is 7.62. The summed E-state index contributed by atoms with van der Waals surface area (Å²) in [6.45, 7) is 5.92. The molecule has 19 heavy (non-hydrogen) atoms. The van der Waals surface area contributed by atoms with Crippen molar-refractivity contribution in [3.05, 3.63) is 63.1 Å². The van der Waals surface area contributed by atoms with Gasteiger partial charge in [0.1, 0.15) is 5.84 Å². The zero-order chi connectivity index (χ0) is 14.2. The molecule has 3 N–H and O–H groups in total. The monoisotopic (exact) mass is 255 g/mol. The molecule has 4 nitrogen and oxygen atoms in total. The molecule has 0 bridgehead atoms. The van der Waals surface area contributed by atoms with Crippen LogP contribution in [0.1, 0.15) is 22.4 Å². The summed E-state index contributed by atoms with van der Waals surface area (Å²) in [6.07, 6.45) is 1.64. The van der Waals surface area contributed by atoms with Gasteiger partial charge in [0.2, 0.25) is 0 Å². The van der Waals surface area contributed by atoms with E-state index in [9.17, 15) is 4.79 Å². The molecule has 0 unspecified atom stereocenters. The zero-order valence-electron chi connectivity index (χ0n) is 11.3. The van der Waals surface area contributed by atoms with Gasteiger partial charge in [-0.1, -0.05) is 17.7 Å². The van der Waals surface area contributed by atoms with Crippen LogP contribution in [0, 0.1) is 26.2 Å². The molecule has 2 rings (SSSR count). The lowest BCUT2D eigenvalue weighted by molar-refractivity contribution is 0.957. The van der Waals surface area contributed by atoms with Crippen molar-refractivity contribution in [3.63, 3.8) is 0 Å². The number of nitrogens with zero attached hydrogens (tertiary/aromatic N) is 1. The molecule has 0 fully saturated rings. The fourth-order valence-corrected chi connectivity index (χ4v) is 2.17. The summed E-state index contributed by atoms with van der Waals surface area (Å²) < 4.78 is 1.90. The lowest BCUT2D eigenvalue weighted by Crippen LogP contribution is -2.24. The van der Waals surface area contributed by atoms with Crippen LogP contribution >= 0.6 is 0 Å². The molecule has 0 amide bonds. The number of rotatable bonds is 2. The Morgan fingerprint density at radius 2 is 1.89 bits per heavy atom. The molecular weight excluding hydrogens is 238 g/mol. The van der Waals surface area contributed by atoms with E-state index in [0.717, 1.165) is 16.9 Å². The van der Waals surface area contributed by atoms with Gasteiger partial charge in [0, 0.05) is 23.6 Å². The van der Waals surface area contributed by atoms with Gasteiger partial charge in [-0.05, 0) is 32.4 Å². The summed E-state index contributed by atoms with van der Waals surface area (Å²) in [5.41, 5.74) is 9.57. The van der Waals surface area contributed by atoms with Crippen LogP contribution in [-0.4, -0.2) is 10.4 Å². The zero-order valence-corrected chi connectivity index (χ0v) is 11.3. The van der Waals surface area contributed by atoms with Crippen molar-refractivity contribution in [2.75, 3.05) is 0 Å². The maximum absolute atomic E-state index is 11.8. The maximum atomic E-state index is 11.8. The average Bonchev–Trinajstić information content (AvgIpc) is 2.30. The van der Waals surface area contributed by atoms with Crippen molar-refractivity contribution in [3.8, 4) is 5.69 Å². The van der Waals surface area contributed by atoms with E-state index >= 15 is 0 Å². The quantitative estimate of drug-likeness (QED) is 0.636. The van der Waals surface area contributed by atoms with Gasteiger partial charge in [0.05, 0.1) is 5.56 Å². The molecule has 1 heterocycles. The minimum atomic E-state index is -0.217. The van der Waals surface area contributed by atoms with Crippen LogP contribution in [-0.2, 0) is 0 Å². The number of hydrogen-bond acceptors (Lipinski definition) is 2. The minimum Gasteiger partial charge on any atom is -0.384 e. The van der Waals surface area contributed by atoms with Gasteiger partial charge in [-0.15, -0.1) is 0 Å². The van der Waals surface area contributed by atoms with Gasteiger partial charge in [0.15, 0.2) is 5.43 Å². The highest BCUT2D eigenvalue weighted by Gasteiger charge is 2.09. The fourth-order valence-electron chi connectivity index (χ4n) is 2.17. The highest BCUT2D eigenvalue weighted by Crippen LogP contribution is 2.17. The van der Waals surface area contributed by atoms with Crippen molar-refractivity contribution in [1.82, 2.24) is 4.57 Å². The molecule has 0 aliphatic rings. The molecule has 98 valence electrons. The molecular formula is C15H17N3O. The number of pyridine rings is 1. The van der Waals surface area contributed by atoms with E-state index < -0.39 is 0 Å². The Hall–Kier alpha value is -2.36. The number of amidine groups is 1. The molecule has 0 aliphatic carbocycles. The van der Waals surface area contributed by atoms with Gasteiger partial charge in [-0.2, -0.15) is 0 Å². The lowest BCUT2D eigenvalue weighted by Gasteiger charge is -2.15. The van der Waals surface area contributed by atoms with Crippen LogP contribution in [0.15, 0.2) is 35.3 Å². The third kappa shape index (κ3) is 2.42. The Labute approximate surface area is 112 Å². The third-order valence-corrected chi connectivity index (χ3v) is 3.15. The minimum absolute atomic E-state index is 0.205. The first-order valence-corrected chi connectivity index (χ1v) is 6.05. The van der Waals surface area contributed by atoms with Crippen LogP contribution in [0.25, 0.3) is 5.69 Å². The van der Waals surface area contributed by atoms with Gasteiger partial charge >= 0.3 is 0 Å². The Kier molecular flexibility index (Phi) is 3.25. The molecule has 1 aromatic carbocycles. The van der Waals surface area contributed by atoms with E-state index in [1.807, 2.05) is 37.5 Å². The largest absolute Gasteiger partial charge is 0.384 e. The van der Waals surface area contributed by atoms with Crippen molar-refractivity contribution in [2.45, 2.75) is 20.8 Å². The molecule has 4 heteroatoms. The van der Waals surface area contributed by atoms with Crippen LogP contribution in [0.2, 0.25) is 0 Å².